The van der Waals surface area contributed by atoms with Crippen molar-refractivity contribution in [2.75, 3.05) is 5.32 Å². The fourth-order valence-electron chi connectivity index (χ4n) is 2.88. The van der Waals surface area contributed by atoms with Crippen molar-refractivity contribution >= 4 is 11.6 Å². The Labute approximate surface area is 123 Å². The summed E-state index contributed by atoms with van der Waals surface area (Å²) in [5.41, 5.74) is 9.15. The largest absolute Gasteiger partial charge is 0.508 e. The van der Waals surface area contributed by atoms with Crippen LogP contribution in [0.2, 0.25) is 0 Å². The number of fused-ring (bicyclic) bond motifs is 1. The van der Waals surface area contributed by atoms with E-state index in [0.717, 1.165) is 24.9 Å². The quantitative estimate of drug-likeness (QED) is 0.810. The van der Waals surface area contributed by atoms with Crippen LogP contribution in [0.25, 0.3) is 0 Å². The zero-order valence-corrected chi connectivity index (χ0v) is 11.7. The fourth-order valence-corrected chi connectivity index (χ4v) is 2.88. The molecule has 21 heavy (non-hydrogen) atoms. The SMILES string of the molecule is NC(=O)c1ccc(NC2CCCc3cc(O)ccc32)cc1. The summed E-state index contributed by atoms with van der Waals surface area (Å²) in [4.78, 5) is 11.1. The first kappa shape index (κ1) is 13.5. The predicted octanol–water partition coefficient (Wildman–Crippen LogP) is 2.98. The van der Waals surface area contributed by atoms with Crippen LogP contribution in [0.1, 0.15) is 40.4 Å². The van der Waals surface area contributed by atoms with Gasteiger partial charge in [0, 0.05) is 11.3 Å². The maximum Gasteiger partial charge on any atom is 0.248 e. The van der Waals surface area contributed by atoms with Gasteiger partial charge in [0.15, 0.2) is 0 Å². The number of carbonyl (C=O) groups excluding carboxylic acids is 1. The predicted molar refractivity (Wildman–Crippen MR) is 82.4 cm³/mol. The molecule has 4 heteroatoms. The zero-order valence-electron chi connectivity index (χ0n) is 11.7. The Balaban J connectivity index is 1.81. The summed E-state index contributed by atoms with van der Waals surface area (Å²) in [7, 11) is 0. The molecule has 2 aromatic carbocycles. The second-order valence-electron chi connectivity index (χ2n) is 5.41. The minimum absolute atomic E-state index is 0.230. The molecule has 3 rings (SSSR count). The number of amides is 1. The molecule has 0 aliphatic heterocycles. The topological polar surface area (TPSA) is 75.4 Å². The zero-order chi connectivity index (χ0) is 14.8. The number of aromatic hydroxyl groups is 1. The number of anilines is 1. The molecule has 0 saturated heterocycles. The third-order valence-electron chi connectivity index (χ3n) is 3.95. The Kier molecular flexibility index (Phi) is 3.52. The first-order valence-electron chi connectivity index (χ1n) is 7.11. The molecular weight excluding hydrogens is 264 g/mol. The third kappa shape index (κ3) is 2.84. The first-order chi connectivity index (χ1) is 10.1. The van der Waals surface area contributed by atoms with E-state index in [9.17, 15) is 9.90 Å². The number of primary amides is 1. The number of hydrogen-bond donors (Lipinski definition) is 3. The Morgan fingerprint density at radius 1 is 1.19 bits per heavy atom. The molecular formula is C17H18N2O2. The minimum atomic E-state index is -0.417. The number of nitrogens with two attached hydrogens (primary N) is 1. The Hall–Kier alpha value is -2.49. The maximum atomic E-state index is 11.1. The smallest absolute Gasteiger partial charge is 0.248 e. The number of hydrogen-bond acceptors (Lipinski definition) is 3. The van der Waals surface area contributed by atoms with E-state index in [2.05, 4.69) is 5.32 Å². The van der Waals surface area contributed by atoms with Crippen molar-refractivity contribution < 1.29 is 9.90 Å². The summed E-state index contributed by atoms with van der Waals surface area (Å²) >= 11 is 0. The van der Waals surface area contributed by atoms with Gasteiger partial charge < -0.3 is 16.2 Å². The van der Waals surface area contributed by atoms with Crippen LogP contribution >= 0.6 is 0 Å². The molecule has 0 fully saturated rings. The molecule has 0 spiro atoms. The standard InChI is InChI=1S/C17H18N2O2/c18-17(21)11-4-6-13(7-5-11)19-16-3-1-2-12-10-14(20)8-9-15(12)16/h4-10,16,19-20H,1-3H2,(H2,18,21). The van der Waals surface area contributed by atoms with Gasteiger partial charge in [-0.15, -0.1) is 0 Å². The lowest BCUT2D eigenvalue weighted by Crippen LogP contribution is -2.17. The van der Waals surface area contributed by atoms with Crippen LogP contribution < -0.4 is 11.1 Å². The molecule has 1 atom stereocenters. The van der Waals surface area contributed by atoms with E-state index in [1.807, 2.05) is 24.3 Å². The molecule has 2 aromatic rings. The molecule has 0 saturated carbocycles. The highest BCUT2D eigenvalue weighted by molar-refractivity contribution is 5.93. The number of aryl methyl sites for hydroxylation is 1. The van der Waals surface area contributed by atoms with Crippen LogP contribution in [0.4, 0.5) is 5.69 Å². The average molecular weight is 282 g/mol. The molecule has 108 valence electrons. The van der Waals surface area contributed by atoms with Crippen LogP contribution in [-0.4, -0.2) is 11.0 Å². The summed E-state index contributed by atoms with van der Waals surface area (Å²) in [6.45, 7) is 0. The van der Waals surface area contributed by atoms with Gasteiger partial charge in [-0.05, 0) is 66.8 Å². The van der Waals surface area contributed by atoms with Gasteiger partial charge in [0.1, 0.15) is 5.75 Å². The number of nitrogens with one attached hydrogen (secondary N) is 1. The van der Waals surface area contributed by atoms with E-state index >= 15 is 0 Å². The molecule has 0 bridgehead atoms. The number of phenolic OH excluding ortho intramolecular Hbond substituents is 1. The summed E-state index contributed by atoms with van der Waals surface area (Å²) in [5.74, 6) is -0.0970. The second-order valence-corrected chi connectivity index (χ2v) is 5.41. The van der Waals surface area contributed by atoms with Crippen molar-refractivity contribution in [3.8, 4) is 5.75 Å². The Morgan fingerprint density at radius 2 is 1.95 bits per heavy atom. The molecule has 1 aliphatic rings. The maximum absolute atomic E-state index is 11.1. The van der Waals surface area contributed by atoms with Crippen molar-refractivity contribution in [2.24, 2.45) is 5.73 Å². The number of phenols is 1. The number of carbonyl (C=O) groups is 1. The van der Waals surface area contributed by atoms with E-state index in [4.69, 9.17) is 5.73 Å². The second kappa shape index (κ2) is 5.48. The summed E-state index contributed by atoms with van der Waals surface area (Å²) < 4.78 is 0. The fraction of sp³-hybridized carbons (Fsp3) is 0.235. The van der Waals surface area contributed by atoms with E-state index < -0.39 is 5.91 Å². The van der Waals surface area contributed by atoms with Crippen molar-refractivity contribution in [2.45, 2.75) is 25.3 Å². The molecule has 1 aliphatic carbocycles. The van der Waals surface area contributed by atoms with E-state index in [1.165, 1.54) is 11.1 Å². The summed E-state index contributed by atoms with van der Waals surface area (Å²) in [6, 6.07) is 13.0. The number of rotatable bonds is 3. The molecule has 4 nitrogen and oxygen atoms in total. The lowest BCUT2D eigenvalue weighted by Gasteiger charge is -2.27. The van der Waals surface area contributed by atoms with E-state index in [1.54, 1.807) is 18.2 Å². The van der Waals surface area contributed by atoms with Crippen molar-refractivity contribution in [3.05, 3.63) is 59.2 Å². The van der Waals surface area contributed by atoms with Crippen molar-refractivity contribution in [1.29, 1.82) is 0 Å². The van der Waals surface area contributed by atoms with Gasteiger partial charge in [0.25, 0.3) is 0 Å². The van der Waals surface area contributed by atoms with Crippen molar-refractivity contribution in [3.63, 3.8) is 0 Å². The highest BCUT2D eigenvalue weighted by Crippen LogP contribution is 2.34. The monoisotopic (exact) mass is 282 g/mol. The molecule has 1 amide bonds. The summed E-state index contributed by atoms with van der Waals surface area (Å²) in [6.07, 6.45) is 3.14. The molecule has 1 unspecified atom stereocenters. The average Bonchev–Trinajstić information content (AvgIpc) is 2.47. The first-order valence-corrected chi connectivity index (χ1v) is 7.11. The van der Waals surface area contributed by atoms with Gasteiger partial charge in [-0.2, -0.15) is 0 Å². The van der Waals surface area contributed by atoms with Gasteiger partial charge in [0.2, 0.25) is 5.91 Å². The van der Waals surface area contributed by atoms with Gasteiger partial charge >= 0.3 is 0 Å². The number of benzene rings is 2. The molecule has 4 N–H and O–H groups in total. The lowest BCUT2D eigenvalue weighted by atomic mass is 9.87. The third-order valence-corrected chi connectivity index (χ3v) is 3.95. The minimum Gasteiger partial charge on any atom is -0.508 e. The molecule has 0 radical (unpaired) electrons. The van der Waals surface area contributed by atoms with Crippen LogP contribution in [0.15, 0.2) is 42.5 Å². The lowest BCUT2D eigenvalue weighted by molar-refractivity contribution is 0.100. The summed E-state index contributed by atoms with van der Waals surface area (Å²) in [5, 5.41) is 13.1. The van der Waals surface area contributed by atoms with Gasteiger partial charge in [-0.3, -0.25) is 4.79 Å². The van der Waals surface area contributed by atoms with Gasteiger partial charge in [-0.1, -0.05) is 6.07 Å². The van der Waals surface area contributed by atoms with Gasteiger partial charge in [-0.25, -0.2) is 0 Å². The van der Waals surface area contributed by atoms with E-state index in [0.29, 0.717) is 11.3 Å². The van der Waals surface area contributed by atoms with Crippen LogP contribution in [0.5, 0.6) is 5.75 Å². The van der Waals surface area contributed by atoms with E-state index in [-0.39, 0.29) is 6.04 Å². The normalized spacial score (nSPS) is 17.0. The van der Waals surface area contributed by atoms with Crippen LogP contribution in [0, 0.1) is 0 Å². The Bertz CT molecular complexity index is 665. The van der Waals surface area contributed by atoms with Gasteiger partial charge in [0.05, 0.1) is 6.04 Å². The highest BCUT2D eigenvalue weighted by atomic mass is 16.3. The highest BCUT2D eigenvalue weighted by Gasteiger charge is 2.20. The van der Waals surface area contributed by atoms with Crippen LogP contribution in [0.3, 0.4) is 0 Å². The van der Waals surface area contributed by atoms with Crippen molar-refractivity contribution in [1.82, 2.24) is 0 Å². The van der Waals surface area contributed by atoms with Crippen LogP contribution in [-0.2, 0) is 6.42 Å². The molecule has 0 aromatic heterocycles. The Morgan fingerprint density at radius 3 is 2.67 bits per heavy atom. The molecule has 0 heterocycles.